The van der Waals surface area contributed by atoms with Crippen LogP contribution < -0.4 is 4.74 Å². The minimum atomic E-state index is -0.981. The van der Waals surface area contributed by atoms with E-state index in [1.54, 1.807) is 31.2 Å². The van der Waals surface area contributed by atoms with Gasteiger partial charge in [0.1, 0.15) is 18.9 Å². The summed E-state index contributed by atoms with van der Waals surface area (Å²) in [6.45, 7) is 1.67. The molecule has 1 aliphatic heterocycles. The van der Waals surface area contributed by atoms with Crippen molar-refractivity contribution >= 4 is 35.4 Å². The molecule has 0 N–H and O–H groups in total. The molecule has 0 aliphatic carbocycles. The first-order chi connectivity index (χ1) is 11.8. The smallest absolute Gasteiger partial charge is 0.334 e. The summed E-state index contributed by atoms with van der Waals surface area (Å²) in [5.74, 6) is -1.74. The summed E-state index contributed by atoms with van der Waals surface area (Å²) in [7, 11) is 1.53. The van der Waals surface area contributed by atoms with Gasteiger partial charge in [0.15, 0.2) is 0 Å². The summed E-state index contributed by atoms with van der Waals surface area (Å²) in [6.07, 6.45) is 0. The summed E-state index contributed by atoms with van der Waals surface area (Å²) in [5, 5.41) is 0.593. The minimum absolute atomic E-state index is 0.0822. The number of halogens is 1. The summed E-state index contributed by atoms with van der Waals surface area (Å²) >= 11 is 5.78. The van der Waals surface area contributed by atoms with Crippen molar-refractivity contribution in [3.8, 4) is 5.75 Å². The molecule has 5 amide bonds. The zero-order valence-corrected chi connectivity index (χ0v) is 14.7. The molecule has 8 nitrogen and oxygen atoms in total. The number of likely N-dealkylation sites (N-methyl/N-ethyl adjacent to an activating group) is 2. The number of hydrogen-bond acceptors (Lipinski definition) is 5. The molecule has 0 spiro atoms. The van der Waals surface area contributed by atoms with Crippen molar-refractivity contribution in [1.29, 1.82) is 0 Å². The second kappa shape index (κ2) is 7.98. The summed E-state index contributed by atoms with van der Waals surface area (Å²) < 4.78 is 5.48. The third-order valence-corrected chi connectivity index (χ3v) is 3.93. The Morgan fingerprint density at radius 3 is 2.28 bits per heavy atom. The van der Waals surface area contributed by atoms with Gasteiger partial charge < -0.3 is 9.64 Å². The first kappa shape index (κ1) is 18.7. The molecule has 0 atom stereocenters. The van der Waals surface area contributed by atoms with Crippen LogP contribution in [0.5, 0.6) is 5.75 Å². The first-order valence-electron chi connectivity index (χ1n) is 7.64. The topological polar surface area (TPSA) is 87.2 Å². The lowest BCUT2D eigenvalue weighted by Crippen LogP contribution is -2.43. The molecule has 1 saturated heterocycles. The maximum absolute atomic E-state index is 12.2. The van der Waals surface area contributed by atoms with E-state index < -0.39 is 30.3 Å². The Balaban J connectivity index is 1.84. The monoisotopic (exact) mass is 367 g/mol. The van der Waals surface area contributed by atoms with Crippen LogP contribution in [-0.2, 0) is 14.4 Å². The van der Waals surface area contributed by atoms with Gasteiger partial charge in [-0.25, -0.2) is 9.69 Å². The molecule has 1 aliphatic rings. The number of nitrogens with zero attached hydrogens (tertiary/aromatic N) is 3. The van der Waals surface area contributed by atoms with Crippen molar-refractivity contribution in [2.75, 3.05) is 33.3 Å². The lowest BCUT2D eigenvalue weighted by Gasteiger charge is -2.20. The van der Waals surface area contributed by atoms with Crippen LogP contribution in [0.15, 0.2) is 24.3 Å². The third kappa shape index (κ3) is 4.27. The Morgan fingerprint density at radius 2 is 1.72 bits per heavy atom. The van der Waals surface area contributed by atoms with E-state index in [0.29, 0.717) is 15.7 Å². The molecule has 134 valence electrons. The highest BCUT2D eigenvalue weighted by Crippen LogP contribution is 2.15. The summed E-state index contributed by atoms with van der Waals surface area (Å²) in [5.41, 5.74) is 0. The van der Waals surface area contributed by atoms with E-state index >= 15 is 0 Å². The lowest BCUT2D eigenvalue weighted by molar-refractivity contribution is -0.144. The van der Waals surface area contributed by atoms with E-state index in [1.165, 1.54) is 11.9 Å². The van der Waals surface area contributed by atoms with Crippen LogP contribution in [0, 0.1) is 0 Å². The van der Waals surface area contributed by atoms with E-state index in [-0.39, 0.29) is 19.7 Å². The van der Waals surface area contributed by atoms with Crippen LogP contribution in [-0.4, -0.2) is 71.7 Å². The predicted molar refractivity (Wildman–Crippen MR) is 89.1 cm³/mol. The molecular weight excluding hydrogens is 350 g/mol. The normalized spacial score (nSPS) is 14.3. The summed E-state index contributed by atoms with van der Waals surface area (Å²) in [4.78, 5) is 50.3. The number of benzene rings is 1. The summed E-state index contributed by atoms with van der Waals surface area (Å²) in [6, 6.07) is 6.02. The average molecular weight is 368 g/mol. The van der Waals surface area contributed by atoms with Crippen LogP contribution in [0.2, 0.25) is 5.02 Å². The number of amides is 5. The highest BCUT2D eigenvalue weighted by Gasteiger charge is 2.44. The van der Waals surface area contributed by atoms with Gasteiger partial charge in [-0.2, -0.15) is 0 Å². The van der Waals surface area contributed by atoms with Crippen LogP contribution in [0.4, 0.5) is 4.79 Å². The highest BCUT2D eigenvalue weighted by molar-refractivity contribution is 6.45. The molecule has 1 heterocycles. The standard InChI is InChI=1S/C16H18ClN3O5/c1-3-19-14(22)15(23)20(16(19)24)10-13(21)18(2)8-9-25-12-6-4-11(17)5-7-12/h4-7H,3,8-10H2,1-2H3. The Labute approximate surface area is 149 Å². The molecule has 2 rings (SSSR count). The van der Waals surface area contributed by atoms with E-state index in [9.17, 15) is 19.2 Å². The van der Waals surface area contributed by atoms with Crippen LogP contribution in [0.1, 0.15) is 6.92 Å². The van der Waals surface area contributed by atoms with E-state index in [0.717, 1.165) is 4.90 Å². The molecule has 0 saturated carbocycles. The van der Waals surface area contributed by atoms with Gasteiger partial charge in [-0.1, -0.05) is 11.6 Å². The number of ether oxygens (including phenoxy) is 1. The molecule has 0 aromatic heterocycles. The van der Waals surface area contributed by atoms with Crippen LogP contribution in [0.3, 0.4) is 0 Å². The molecule has 1 aromatic carbocycles. The Kier molecular flexibility index (Phi) is 5.97. The Morgan fingerprint density at radius 1 is 1.12 bits per heavy atom. The molecule has 9 heteroatoms. The highest BCUT2D eigenvalue weighted by atomic mass is 35.5. The van der Waals surface area contributed by atoms with Crippen molar-refractivity contribution in [2.24, 2.45) is 0 Å². The number of rotatable bonds is 7. The van der Waals surface area contributed by atoms with Gasteiger partial charge in [0, 0.05) is 18.6 Å². The largest absolute Gasteiger partial charge is 0.492 e. The average Bonchev–Trinajstić information content (AvgIpc) is 2.79. The van der Waals surface area contributed by atoms with E-state index in [4.69, 9.17) is 16.3 Å². The molecular formula is C16H18ClN3O5. The maximum Gasteiger partial charge on any atom is 0.334 e. The van der Waals surface area contributed by atoms with Crippen LogP contribution in [0.25, 0.3) is 0 Å². The third-order valence-electron chi connectivity index (χ3n) is 3.68. The van der Waals surface area contributed by atoms with Gasteiger partial charge in [-0.15, -0.1) is 0 Å². The van der Waals surface area contributed by atoms with Crippen molar-refractivity contribution < 1.29 is 23.9 Å². The fourth-order valence-electron chi connectivity index (χ4n) is 2.18. The van der Waals surface area contributed by atoms with Crippen LogP contribution >= 0.6 is 11.6 Å². The van der Waals surface area contributed by atoms with Crippen molar-refractivity contribution in [3.05, 3.63) is 29.3 Å². The molecule has 1 aromatic rings. The Bertz CT molecular complexity index is 692. The Hall–Kier alpha value is -2.61. The first-order valence-corrected chi connectivity index (χ1v) is 8.02. The van der Waals surface area contributed by atoms with Gasteiger partial charge in [-0.3, -0.25) is 19.3 Å². The number of imide groups is 2. The van der Waals surface area contributed by atoms with Crippen molar-refractivity contribution in [1.82, 2.24) is 14.7 Å². The van der Waals surface area contributed by atoms with E-state index in [1.807, 2.05) is 0 Å². The fourth-order valence-corrected chi connectivity index (χ4v) is 2.31. The SMILES string of the molecule is CCN1C(=O)C(=O)N(CC(=O)N(C)CCOc2ccc(Cl)cc2)C1=O. The van der Waals surface area contributed by atoms with E-state index in [2.05, 4.69) is 0 Å². The molecule has 0 unspecified atom stereocenters. The molecule has 0 radical (unpaired) electrons. The fraction of sp³-hybridized carbons (Fsp3) is 0.375. The minimum Gasteiger partial charge on any atom is -0.492 e. The lowest BCUT2D eigenvalue weighted by atomic mass is 10.3. The van der Waals surface area contributed by atoms with Gasteiger partial charge in [0.05, 0.1) is 6.54 Å². The number of urea groups is 1. The predicted octanol–water partition coefficient (Wildman–Crippen LogP) is 0.988. The van der Waals surface area contributed by atoms with Gasteiger partial charge in [-0.05, 0) is 31.2 Å². The zero-order valence-electron chi connectivity index (χ0n) is 13.9. The molecule has 1 fully saturated rings. The van der Waals surface area contributed by atoms with Crippen molar-refractivity contribution in [3.63, 3.8) is 0 Å². The van der Waals surface area contributed by atoms with Gasteiger partial charge >= 0.3 is 17.8 Å². The molecule has 0 bridgehead atoms. The van der Waals surface area contributed by atoms with Crippen molar-refractivity contribution in [2.45, 2.75) is 6.92 Å². The maximum atomic E-state index is 12.2. The van der Waals surface area contributed by atoms with Gasteiger partial charge in [0.2, 0.25) is 5.91 Å². The van der Waals surface area contributed by atoms with Gasteiger partial charge in [0.25, 0.3) is 0 Å². The number of hydrogen-bond donors (Lipinski definition) is 0. The number of carbonyl (C=O) groups excluding carboxylic acids is 4. The zero-order chi connectivity index (χ0) is 18.6. The quantitative estimate of drug-likeness (QED) is 0.529. The second-order valence-electron chi connectivity index (χ2n) is 5.34. The second-order valence-corrected chi connectivity index (χ2v) is 5.78. The number of carbonyl (C=O) groups is 4. The molecule has 25 heavy (non-hydrogen) atoms.